The summed E-state index contributed by atoms with van der Waals surface area (Å²) in [5, 5.41) is 15.1. The monoisotopic (exact) mass is 298 g/mol. The van der Waals surface area contributed by atoms with Gasteiger partial charge in [0, 0.05) is 17.5 Å². The number of hydrogen-bond donors (Lipinski definition) is 1. The van der Waals surface area contributed by atoms with Crippen molar-refractivity contribution < 1.29 is 9.59 Å². The topological polar surface area (TPSA) is 70.0 Å². The molecular formula is C16H14N2O2S. The summed E-state index contributed by atoms with van der Waals surface area (Å²) in [4.78, 5) is 24.1. The van der Waals surface area contributed by atoms with Crippen LogP contribution in [0.5, 0.6) is 0 Å². The second kappa shape index (κ2) is 6.82. The molecule has 0 radical (unpaired) electrons. The molecule has 0 saturated heterocycles. The van der Waals surface area contributed by atoms with E-state index in [4.69, 9.17) is 5.26 Å². The highest BCUT2D eigenvalue weighted by atomic mass is 32.1. The molecule has 2 aromatic rings. The van der Waals surface area contributed by atoms with Crippen LogP contribution in [0.3, 0.4) is 0 Å². The lowest BCUT2D eigenvalue weighted by molar-refractivity contribution is -0.122. The molecule has 21 heavy (non-hydrogen) atoms. The maximum Gasteiger partial charge on any atom is 0.245 e. The van der Waals surface area contributed by atoms with Crippen molar-refractivity contribution in [3.63, 3.8) is 0 Å². The third kappa shape index (κ3) is 3.77. The van der Waals surface area contributed by atoms with Crippen LogP contribution in [0.4, 0.5) is 0 Å². The van der Waals surface area contributed by atoms with E-state index in [0.717, 1.165) is 11.1 Å². The molecule has 0 aliphatic rings. The van der Waals surface area contributed by atoms with Crippen molar-refractivity contribution in [3.8, 4) is 6.07 Å². The number of carbonyl (C=O) groups is 2. The quantitative estimate of drug-likeness (QED) is 0.681. The third-order valence-electron chi connectivity index (χ3n) is 3.05. The number of nitriles is 1. The molecule has 1 amide bonds. The Labute approximate surface area is 127 Å². The van der Waals surface area contributed by atoms with Crippen LogP contribution in [0.15, 0.2) is 41.1 Å². The number of benzene rings is 1. The van der Waals surface area contributed by atoms with Crippen LogP contribution in [0.2, 0.25) is 0 Å². The smallest absolute Gasteiger partial charge is 0.245 e. The van der Waals surface area contributed by atoms with Gasteiger partial charge >= 0.3 is 0 Å². The van der Waals surface area contributed by atoms with Gasteiger partial charge in [-0.15, -0.1) is 0 Å². The summed E-state index contributed by atoms with van der Waals surface area (Å²) >= 11 is 1.36. The van der Waals surface area contributed by atoms with Gasteiger partial charge in [0.15, 0.2) is 11.7 Å². The van der Waals surface area contributed by atoms with Crippen molar-refractivity contribution in [2.45, 2.75) is 13.5 Å². The Morgan fingerprint density at radius 3 is 2.57 bits per heavy atom. The van der Waals surface area contributed by atoms with Gasteiger partial charge in [-0.3, -0.25) is 9.59 Å². The highest BCUT2D eigenvalue weighted by molar-refractivity contribution is 7.08. The first-order valence-electron chi connectivity index (χ1n) is 6.41. The van der Waals surface area contributed by atoms with Gasteiger partial charge in [-0.2, -0.15) is 16.6 Å². The van der Waals surface area contributed by atoms with Crippen molar-refractivity contribution in [1.82, 2.24) is 5.32 Å². The number of Topliss-reactive ketones (excluding diaryl/α,β-unsaturated/α-hetero) is 1. The number of hydrogen-bond acceptors (Lipinski definition) is 4. The van der Waals surface area contributed by atoms with Gasteiger partial charge in [0.1, 0.15) is 0 Å². The number of carbonyl (C=O) groups excluding carboxylic acids is 2. The average molecular weight is 298 g/mol. The molecule has 1 aromatic carbocycles. The Balaban J connectivity index is 1.99. The minimum Gasteiger partial charge on any atom is -0.350 e. The number of amides is 1. The molecule has 0 aliphatic carbocycles. The summed E-state index contributed by atoms with van der Waals surface area (Å²) in [5.41, 5.74) is 2.46. The number of thiophene rings is 1. The summed E-state index contributed by atoms with van der Waals surface area (Å²) in [6.45, 7) is 2.28. The normalized spacial score (nSPS) is 11.4. The predicted octanol–water partition coefficient (Wildman–Crippen LogP) is 2.70. The van der Waals surface area contributed by atoms with Gasteiger partial charge in [0.25, 0.3) is 0 Å². The maximum atomic E-state index is 12.1. The van der Waals surface area contributed by atoms with Gasteiger partial charge in [-0.05, 0) is 23.9 Å². The molecule has 0 saturated carbocycles. The van der Waals surface area contributed by atoms with E-state index in [2.05, 4.69) is 5.32 Å². The first-order valence-corrected chi connectivity index (χ1v) is 7.35. The predicted molar refractivity (Wildman–Crippen MR) is 80.8 cm³/mol. The summed E-state index contributed by atoms with van der Waals surface area (Å²) in [7, 11) is 0. The maximum absolute atomic E-state index is 12.1. The van der Waals surface area contributed by atoms with E-state index in [-0.39, 0.29) is 0 Å². The summed E-state index contributed by atoms with van der Waals surface area (Å²) < 4.78 is 0. The second-order valence-electron chi connectivity index (χ2n) is 4.64. The summed E-state index contributed by atoms with van der Waals surface area (Å²) in [6.07, 6.45) is 0. The molecule has 1 atom stereocenters. The summed E-state index contributed by atoms with van der Waals surface area (Å²) in [6, 6.07) is 11.1. The van der Waals surface area contributed by atoms with Crippen LogP contribution < -0.4 is 5.32 Å². The lowest BCUT2D eigenvalue weighted by Gasteiger charge is -2.09. The molecule has 0 fully saturated rings. The van der Waals surface area contributed by atoms with Crippen LogP contribution >= 0.6 is 11.3 Å². The average Bonchev–Trinajstić information content (AvgIpc) is 3.01. The zero-order valence-corrected chi connectivity index (χ0v) is 12.3. The zero-order chi connectivity index (χ0) is 15.2. The molecule has 1 heterocycles. The Kier molecular flexibility index (Phi) is 4.85. The Hall–Kier alpha value is -2.45. The fourth-order valence-electron chi connectivity index (χ4n) is 1.80. The molecule has 1 N–H and O–H groups in total. The number of nitrogens with zero attached hydrogens (tertiary/aromatic N) is 1. The first kappa shape index (κ1) is 14.9. The molecule has 0 aliphatic heterocycles. The molecule has 4 nitrogen and oxygen atoms in total. The number of nitrogens with one attached hydrogen (secondary N) is 1. The van der Waals surface area contributed by atoms with E-state index in [1.54, 1.807) is 22.9 Å². The van der Waals surface area contributed by atoms with Crippen molar-refractivity contribution in [2.24, 2.45) is 5.92 Å². The molecule has 1 aromatic heterocycles. The molecule has 2 rings (SSSR count). The van der Waals surface area contributed by atoms with Gasteiger partial charge in [0.05, 0.1) is 6.07 Å². The van der Waals surface area contributed by atoms with Crippen LogP contribution in [0, 0.1) is 24.2 Å². The largest absolute Gasteiger partial charge is 0.350 e. The van der Waals surface area contributed by atoms with Crippen LogP contribution in [-0.4, -0.2) is 11.7 Å². The Morgan fingerprint density at radius 1 is 1.29 bits per heavy atom. The van der Waals surface area contributed by atoms with Crippen molar-refractivity contribution in [1.29, 1.82) is 5.26 Å². The van der Waals surface area contributed by atoms with Gasteiger partial charge in [-0.1, -0.05) is 29.8 Å². The molecule has 5 heteroatoms. The van der Waals surface area contributed by atoms with Gasteiger partial charge < -0.3 is 5.32 Å². The minimum absolute atomic E-state index is 0.300. The van der Waals surface area contributed by atoms with E-state index in [0.29, 0.717) is 12.1 Å². The zero-order valence-electron chi connectivity index (χ0n) is 11.5. The molecule has 0 bridgehead atoms. The van der Waals surface area contributed by atoms with Crippen molar-refractivity contribution >= 4 is 23.0 Å². The second-order valence-corrected chi connectivity index (χ2v) is 5.42. The van der Waals surface area contributed by atoms with E-state index in [9.17, 15) is 9.59 Å². The number of rotatable bonds is 5. The lowest BCUT2D eigenvalue weighted by atomic mass is 10.0. The molecule has 0 unspecified atom stereocenters. The van der Waals surface area contributed by atoms with E-state index in [1.165, 1.54) is 11.3 Å². The first-order chi connectivity index (χ1) is 10.1. The van der Waals surface area contributed by atoms with Crippen LogP contribution in [-0.2, 0) is 11.3 Å². The van der Waals surface area contributed by atoms with Crippen LogP contribution in [0.25, 0.3) is 0 Å². The lowest BCUT2D eigenvalue weighted by Crippen LogP contribution is -2.34. The number of aryl methyl sites for hydroxylation is 1. The Morgan fingerprint density at radius 2 is 2.00 bits per heavy atom. The molecular weight excluding hydrogens is 284 g/mol. The minimum atomic E-state index is -1.30. The highest BCUT2D eigenvalue weighted by Crippen LogP contribution is 2.13. The van der Waals surface area contributed by atoms with Crippen LogP contribution in [0.1, 0.15) is 21.5 Å². The number of ketones is 1. The van der Waals surface area contributed by atoms with Gasteiger partial charge in [-0.25, -0.2) is 0 Å². The van der Waals surface area contributed by atoms with Crippen molar-refractivity contribution in [2.75, 3.05) is 0 Å². The Bertz CT molecular complexity index is 669. The third-order valence-corrected chi connectivity index (χ3v) is 3.73. The standard InChI is InChI=1S/C16H14N2O2S/c1-11-2-4-12(5-3-11)9-18-16(20)14(8-17)15(19)13-6-7-21-10-13/h2-7,10,14H,9H2,1H3,(H,18,20)/t14-/m1/s1. The summed E-state index contributed by atoms with van der Waals surface area (Å²) in [5.74, 6) is -2.32. The van der Waals surface area contributed by atoms with E-state index in [1.807, 2.05) is 31.2 Å². The van der Waals surface area contributed by atoms with Crippen molar-refractivity contribution in [3.05, 3.63) is 57.8 Å². The van der Waals surface area contributed by atoms with Gasteiger partial charge in [0.2, 0.25) is 5.91 Å². The fourth-order valence-corrected chi connectivity index (χ4v) is 2.45. The highest BCUT2D eigenvalue weighted by Gasteiger charge is 2.27. The molecule has 106 valence electrons. The van der Waals surface area contributed by atoms with E-state index >= 15 is 0 Å². The SMILES string of the molecule is Cc1ccc(CNC(=O)[C@H](C#N)C(=O)c2ccsc2)cc1. The fraction of sp³-hybridized carbons (Fsp3) is 0.188. The van der Waals surface area contributed by atoms with E-state index < -0.39 is 17.6 Å². The molecule has 0 spiro atoms.